The van der Waals surface area contributed by atoms with Crippen molar-refractivity contribution >= 4 is 17.5 Å². The fraction of sp³-hybridized carbons (Fsp3) is 0.333. The molecule has 6 heteroatoms. The second-order valence-corrected chi connectivity index (χ2v) is 6.52. The van der Waals surface area contributed by atoms with Crippen LogP contribution in [0.3, 0.4) is 0 Å². The van der Waals surface area contributed by atoms with Gasteiger partial charge in [-0.15, -0.1) is 0 Å². The van der Waals surface area contributed by atoms with Crippen LogP contribution in [-0.4, -0.2) is 33.9 Å². The first-order valence-corrected chi connectivity index (χ1v) is 8.51. The molecule has 1 amide bonds. The Bertz CT molecular complexity index is 782. The molecule has 3 heterocycles. The van der Waals surface area contributed by atoms with E-state index in [1.807, 2.05) is 29.2 Å². The summed E-state index contributed by atoms with van der Waals surface area (Å²) in [6.07, 6.45) is 5.73. The molecule has 0 saturated carbocycles. The lowest BCUT2D eigenvalue weighted by molar-refractivity contribution is -0.129. The van der Waals surface area contributed by atoms with Gasteiger partial charge >= 0.3 is 0 Å². The lowest BCUT2D eigenvalue weighted by atomic mass is 9.94. The lowest BCUT2D eigenvalue weighted by Crippen LogP contribution is -2.41. The number of imidazole rings is 1. The Morgan fingerprint density at radius 2 is 2.12 bits per heavy atom. The van der Waals surface area contributed by atoms with Crippen LogP contribution in [0.2, 0.25) is 5.02 Å². The number of hydrogen-bond donors (Lipinski definition) is 1. The molecule has 2 aliphatic rings. The second-order valence-electron chi connectivity index (χ2n) is 6.09. The molecule has 2 aromatic rings. The molecule has 4 rings (SSSR count). The Hall–Kier alpha value is -2.27. The number of aromatic nitrogens is 2. The fourth-order valence-electron chi connectivity index (χ4n) is 3.38. The van der Waals surface area contributed by atoms with Gasteiger partial charge in [0.25, 0.3) is 5.91 Å². The van der Waals surface area contributed by atoms with Crippen molar-refractivity contribution in [2.45, 2.75) is 25.3 Å². The van der Waals surface area contributed by atoms with E-state index < -0.39 is 0 Å². The smallest absolute Gasteiger partial charge is 0.253 e. The van der Waals surface area contributed by atoms with E-state index >= 15 is 0 Å². The van der Waals surface area contributed by atoms with E-state index in [1.54, 1.807) is 12.6 Å². The summed E-state index contributed by atoms with van der Waals surface area (Å²) in [4.78, 5) is 22.6. The molecule has 124 valence electrons. The van der Waals surface area contributed by atoms with Gasteiger partial charge in [0, 0.05) is 23.7 Å². The minimum atomic E-state index is -0.201. The van der Waals surface area contributed by atoms with Crippen molar-refractivity contribution in [3.8, 4) is 0 Å². The summed E-state index contributed by atoms with van der Waals surface area (Å²) >= 11 is 6.02. The predicted octanol–water partition coefficient (Wildman–Crippen LogP) is 3.23. The van der Waals surface area contributed by atoms with Crippen molar-refractivity contribution in [2.75, 3.05) is 13.2 Å². The molecular formula is C18H18ClN3O2. The van der Waals surface area contributed by atoms with Crippen LogP contribution in [0.5, 0.6) is 0 Å². The van der Waals surface area contributed by atoms with Gasteiger partial charge in [0.05, 0.1) is 30.5 Å². The highest BCUT2D eigenvalue weighted by Gasteiger charge is 2.35. The summed E-state index contributed by atoms with van der Waals surface area (Å²) in [7, 11) is 0. The van der Waals surface area contributed by atoms with Crippen molar-refractivity contribution in [1.82, 2.24) is 14.9 Å². The number of benzene rings is 1. The Kier molecular flexibility index (Phi) is 4.02. The Balaban J connectivity index is 1.73. The molecule has 0 unspecified atom stereocenters. The van der Waals surface area contributed by atoms with E-state index in [0.29, 0.717) is 18.2 Å². The predicted molar refractivity (Wildman–Crippen MR) is 90.6 cm³/mol. The third kappa shape index (κ3) is 2.69. The van der Waals surface area contributed by atoms with Gasteiger partial charge in [-0.2, -0.15) is 0 Å². The summed E-state index contributed by atoms with van der Waals surface area (Å²) in [6, 6.07) is 7.42. The second kappa shape index (κ2) is 6.32. The SMILES string of the molecule is O=C(C1=COCCC1)N1CCc2[nH]cnc2[C@H]1c1ccc(Cl)cc1. The highest BCUT2D eigenvalue weighted by molar-refractivity contribution is 6.30. The van der Waals surface area contributed by atoms with Crippen molar-refractivity contribution < 1.29 is 9.53 Å². The summed E-state index contributed by atoms with van der Waals surface area (Å²) in [6.45, 7) is 1.33. The minimum Gasteiger partial charge on any atom is -0.501 e. The summed E-state index contributed by atoms with van der Waals surface area (Å²) < 4.78 is 5.36. The zero-order valence-electron chi connectivity index (χ0n) is 13.2. The largest absolute Gasteiger partial charge is 0.501 e. The number of aromatic amines is 1. The number of carbonyl (C=O) groups is 1. The average molecular weight is 344 g/mol. The molecular weight excluding hydrogens is 326 g/mol. The van der Waals surface area contributed by atoms with E-state index in [-0.39, 0.29) is 11.9 Å². The number of carbonyl (C=O) groups excluding carboxylic acids is 1. The molecule has 1 aromatic heterocycles. The zero-order valence-corrected chi connectivity index (χ0v) is 13.9. The van der Waals surface area contributed by atoms with E-state index in [4.69, 9.17) is 16.3 Å². The van der Waals surface area contributed by atoms with Crippen LogP contribution in [0.4, 0.5) is 0 Å². The molecule has 1 atom stereocenters. The van der Waals surface area contributed by atoms with Gasteiger partial charge in [-0.25, -0.2) is 4.98 Å². The first-order valence-electron chi connectivity index (χ1n) is 8.13. The molecule has 24 heavy (non-hydrogen) atoms. The molecule has 2 aliphatic heterocycles. The Labute approximate surface area is 145 Å². The highest BCUT2D eigenvalue weighted by Crippen LogP contribution is 2.35. The van der Waals surface area contributed by atoms with Crippen LogP contribution >= 0.6 is 11.6 Å². The molecule has 0 spiro atoms. The molecule has 0 fully saturated rings. The lowest BCUT2D eigenvalue weighted by Gasteiger charge is -2.36. The average Bonchev–Trinajstić information content (AvgIpc) is 3.10. The van der Waals surface area contributed by atoms with E-state index in [9.17, 15) is 4.79 Å². The number of halogens is 1. The van der Waals surface area contributed by atoms with Crippen molar-refractivity contribution in [2.24, 2.45) is 0 Å². The first kappa shape index (κ1) is 15.3. The maximum absolute atomic E-state index is 13.0. The van der Waals surface area contributed by atoms with Crippen LogP contribution in [0, 0.1) is 0 Å². The zero-order chi connectivity index (χ0) is 16.5. The molecule has 1 N–H and O–H groups in total. The van der Waals surface area contributed by atoms with Crippen LogP contribution in [-0.2, 0) is 16.0 Å². The topological polar surface area (TPSA) is 58.2 Å². The molecule has 1 aromatic carbocycles. The van der Waals surface area contributed by atoms with Gasteiger partial charge in [0.1, 0.15) is 6.04 Å². The van der Waals surface area contributed by atoms with Gasteiger partial charge in [0.15, 0.2) is 0 Å². The van der Waals surface area contributed by atoms with Crippen LogP contribution in [0.15, 0.2) is 42.4 Å². The summed E-state index contributed by atoms with van der Waals surface area (Å²) in [5.74, 6) is 0.0308. The first-order chi connectivity index (χ1) is 11.7. The molecule has 0 bridgehead atoms. The standard InChI is InChI=1S/C18H18ClN3O2/c19-14-5-3-12(4-6-14)17-16-15(20-11-21-16)7-8-22(17)18(23)13-2-1-9-24-10-13/h3-6,10-11,17H,1-2,7-9H2,(H,20,21)/t17-/m1/s1. The van der Waals surface area contributed by atoms with Crippen LogP contribution in [0.1, 0.15) is 35.8 Å². The molecule has 0 radical (unpaired) electrons. The maximum Gasteiger partial charge on any atom is 0.253 e. The minimum absolute atomic E-state index is 0.0308. The number of fused-ring (bicyclic) bond motifs is 1. The Morgan fingerprint density at radius 3 is 2.88 bits per heavy atom. The monoisotopic (exact) mass is 343 g/mol. The van der Waals surface area contributed by atoms with Gasteiger partial charge in [-0.3, -0.25) is 4.79 Å². The van der Waals surface area contributed by atoms with Gasteiger partial charge in [-0.1, -0.05) is 23.7 Å². The van der Waals surface area contributed by atoms with Gasteiger partial charge in [-0.05, 0) is 30.5 Å². The number of amides is 1. The maximum atomic E-state index is 13.0. The quantitative estimate of drug-likeness (QED) is 0.910. The number of nitrogens with zero attached hydrogens (tertiary/aromatic N) is 2. The Morgan fingerprint density at radius 1 is 1.29 bits per heavy atom. The van der Waals surface area contributed by atoms with E-state index in [1.165, 1.54) is 0 Å². The summed E-state index contributed by atoms with van der Waals surface area (Å²) in [5, 5.41) is 0.679. The molecule has 5 nitrogen and oxygen atoms in total. The number of rotatable bonds is 2. The van der Waals surface area contributed by atoms with Crippen LogP contribution < -0.4 is 0 Å². The van der Waals surface area contributed by atoms with Crippen LogP contribution in [0.25, 0.3) is 0 Å². The third-order valence-electron chi connectivity index (χ3n) is 4.58. The van der Waals surface area contributed by atoms with Gasteiger partial charge in [0.2, 0.25) is 0 Å². The number of ether oxygens (including phenoxy) is 1. The van der Waals surface area contributed by atoms with E-state index in [2.05, 4.69) is 9.97 Å². The number of nitrogens with one attached hydrogen (secondary N) is 1. The van der Waals surface area contributed by atoms with Crippen molar-refractivity contribution in [1.29, 1.82) is 0 Å². The summed E-state index contributed by atoms with van der Waals surface area (Å²) in [5.41, 5.74) is 3.75. The normalized spacial score (nSPS) is 20.1. The third-order valence-corrected chi connectivity index (χ3v) is 4.83. The molecule has 0 saturated heterocycles. The number of hydrogen-bond acceptors (Lipinski definition) is 3. The van der Waals surface area contributed by atoms with Gasteiger partial charge < -0.3 is 14.6 Å². The van der Waals surface area contributed by atoms with Crippen molar-refractivity contribution in [3.63, 3.8) is 0 Å². The fourth-order valence-corrected chi connectivity index (χ4v) is 3.51. The van der Waals surface area contributed by atoms with E-state index in [0.717, 1.165) is 41.8 Å². The number of H-pyrrole nitrogens is 1. The molecule has 0 aliphatic carbocycles. The highest BCUT2D eigenvalue weighted by atomic mass is 35.5. The van der Waals surface area contributed by atoms with Crippen molar-refractivity contribution in [3.05, 3.63) is 64.4 Å².